The molecular formula is C21H30O7. The van der Waals surface area contributed by atoms with Crippen molar-refractivity contribution in [1.82, 2.24) is 0 Å². The zero-order valence-electron chi connectivity index (χ0n) is 16.5. The van der Waals surface area contributed by atoms with Gasteiger partial charge in [-0.3, -0.25) is 9.59 Å². The van der Waals surface area contributed by atoms with E-state index in [2.05, 4.69) is 0 Å². The number of aliphatic carboxylic acids is 1. The van der Waals surface area contributed by atoms with Gasteiger partial charge in [0.1, 0.15) is 0 Å². The summed E-state index contributed by atoms with van der Waals surface area (Å²) < 4.78 is 11.7. The van der Waals surface area contributed by atoms with Crippen molar-refractivity contribution in [3.05, 3.63) is 0 Å². The second-order valence-electron chi connectivity index (χ2n) is 9.78. The average Bonchev–Trinajstić information content (AvgIpc) is 3.02. The SMILES string of the molecule is CCOC(=O)CC1CCC2(CC1)OO[C@@]1(O2)[C@@H]2C[C@@H]3C[C@H]1C[C@@](C(=O)O)(C3)C2. The lowest BCUT2D eigenvalue weighted by atomic mass is 9.47. The van der Waals surface area contributed by atoms with Gasteiger partial charge in [-0.15, -0.1) is 0 Å². The highest BCUT2D eigenvalue weighted by atomic mass is 17.3. The highest BCUT2D eigenvalue weighted by Crippen LogP contribution is 2.67. The van der Waals surface area contributed by atoms with Crippen molar-refractivity contribution < 1.29 is 33.9 Å². The molecule has 0 aromatic rings. The molecule has 4 bridgehead atoms. The smallest absolute Gasteiger partial charge is 0.309 e. The van der Waals surface area contributed by atoms with Crippen LogP contribution in [0.2, 0.25) is 0 Å². The second kappa shape index (κ2) is 6.41. The normalized spacial score (nSPS) is 49.0. The molecule has 1 heterocycles. The Balaban J connectivity index is 1.27. The summed E-state index contributed by atoms with van der Waals surface area (Å²) in [5.41, 5.74) is -0.596. The molecule has 7 heteroatoms. The molecule has 0 aromatic carbocycles. The summed E-state index contributed by atoms with van der Waals surface area (Å²) in [6.45, 7) is 2.24. The Morgan fingerprint density at radius 3 is 2.36 bits per heavy atom. The van der Waals surface area contributed by atoms with Gasteiger partial charge in [0, 0.05) is 31.1 Å². The first-order chi connectivity index (χ1) is 13.4. The van der Waals surface area contributed by atoms with Crippen LogP contribution in [0.15, 0.2) is 0 Å². The van der Waals surface area contributed by atoms with Crippen LogP contribution in [0.3, 0.4) is 0 Å². The summed E-state index contributed by atoms with van der Waals surface area (Å²) in [6.07, 6.45) is 7.52. The molecule has 1 aliphatic heterocycles. The number of carboxylic acids is 1. The van der Waals surface area contributed by atoms with Crippen molar-refractivity contribution in [2.24, 2.45) is 29.1 Å². The first-order valence-electron chi connectivity index (χ1n) is 10.8. The van der Waals surface area contributed by atoms with Crippen molar-refractivity contribution >= 4 is 11.9 Å². The van der Waals surface area contributed by atoms with Crippen molar-refractivity contribution in [1.29, 1.82) is 0 Å². The van der Waals surface area contributed by atoms with E-state index in [1.54, 1.807) is 0 Å². The fraction of sp³-hybridized carbons (Fsp3) is 0.905. The van der Waals surface area contributed by atoms with E-state index in [1.807, 2.05) is 6.92 Å². The molecule has 5 saturated carbocycles. The molecule has 7 nitrogen and oxygen atoms in total. The molecule has 6 fully saturated rings. The van der Waals surface area contributed by atoms with Crippen LogP contribution in [0.1, 0.15) is 71.1 Å². The number of rotatable bonds is 4. The quantitative estimate of drug-likeness (QED) is 0.577. The zero-order chi connectivity index (χ0) is 19.6. The van der Waals surface area contributed by atoms with E-state index in [0.29, 0.717) is 50.5 Å². The number of esters is 1. The van der Waals surface area contributed by atoms with Crippen LogP contribution in [-0.2, 0) is 28.8 Å². The molecule has 0 unspecified atom stereocenters. The molecule has 6 rings (SSSR count). The fourth-order valence-electron chi connectivity index (χ4n) is 6.92. The topological polar surface area (TPSA) is 91.3 Å². The summed E-state index contributed by atoms with van der Waals surface area (Å²) in [5.74, 6) is -1.37. The van der Waals surface area contributed by atoms with Gasteiger partial charge in [0.2, 0.25) is 11.6 Å². The van der Waals surface area contributed by atoms with Gasteiger partial charge >= 0.3 is 11.9 Å². The minimum Gasteiger partial charge on any atom is -0.481 e. The number of carbonyl (C=O) groups is 2. The molecular weight excluding hydrogens is 364 g/mol. The van der Waals surface area contributed by atoms with Crippen LogP contribution in [-0.4, -0.2) is 35.2 Å². The Morgan fingerprint density at radius 1 is 1.07 bits per heavy atom. The number of ether oxygens (including phenoxy) is 2. The van der Waals surface area contributed by atoms with Crippen LogP contribution < -0.4 is 0 Å². The number of carbonyl (C=O) groups excluding carboxylic acids is 1. The molecule has 156 valence electrons. The fourth-order valence-corrected chi connectivity index (χ4v) is 6.92. The molecule has 0 amide bonds. The van der Waals surface area contributed by atoms with Crippen LogP contribution >= 0.6 is 0 Å². The van der Waals surface area contributed by atoms with Gasteiger partial charge < -0.3 is 14.6 Å². The Hall–Kier alpha value is -1.18. The van der Waals surface area contributed by atoms with Crippen molar-refractivity contribution in [3.63, 3.8) is 0 Å². The Morgan fingerprint density at radius 2 is 1.75 bits per heavy atom. The maximum absolute atomic E-state index is 12.0. The zero-order valence-corrected chi connectivity index (χ0v) is 16.5. The standard InChI is InChI=1S/C21H30O7/c1-2-25-17(22)9-13-3-5-20(6-4-13)26-21(28-27-20)15-7-14-8-16(21)12-19(10-14,11-15)18(23)24/h13-16H,2-12H2,1H3,(H,23,24)/t13?,14-,15-,16+,19-,20?,21+. The Labute approximate surface area is 165 Å². The third-order valence-corrected chi connectivity index (χ3v) is 8.08. The van der Waals surface area contributed by atoms with Crippen molar-refractivity contribution in [2.45, 2.75) is 82.7 Å². The lowest BCUT2D eigenvalue weighted by molar-refractivity contribution is -0.393. The van der Waals surface area contributed by atoms with Crippen molar-refractivity contribution in [2.75, 3.05) is 6.61 Å². The van der Waals surface area contributed by atoms with Gasteiger partial charge in [-0.05, 0) is 63.7 Å². The van der Waals surface area contributed by atoms with Gasteiger partial charge in [0.25, 0.3) is 0 Å². The van der Waals surface area contributed by atoms with E-state index in [9.17, 15) is 14.7 Å². The van der Waals surface area contributed by atoms with Crippen LogP contribution in [0.4, 0.5) is 0 Å². The predicted octanol–water partition coefficient (Wildman–Crippen LogP) is 3.41. The number of carboxylic acid groups (broad SMARTS) is 1. The summed E-state index contributed by atoms with van der Waals surface area (Å²) in [4.78, 5) is 35.6. The summed E-state index contributed by atoms with van der Waals surface area (Å²) in [5, 5.41) is 9.84. The van der Waals surface area contributed by atoms with Gasteiger partial charge in [0.15, 0.2) is 0 Å². The van der Waals surface area contributed by atoms with Gasteiger partial charge in [-0.25, -0.2) is 0 Å². The monoisotopic (exact) mass is 394 g/mol. The number of hydrogen-bond donors (Lipinski definition) is 1. The van der Waals surface area contributed by atoms with Crippen molar-refractivity contribution in [3.8, 4) is 0 Å². The Kier molecular flexibility index (Phi) is 4.31. The Bertz CT molecular complexity index is 650. The predicted molar refractivity (Wildman–Crippen MR) is 95.5 cm³/mol. The minimum absolute atomic E-state index is 0.0893. The lowest BCUT2D eigenvalue weighted by Crippen LogP contribution is -2.64. The molecule has 1 N–H and O–H groups in total. The molecule has 0 radical (unpaired) electrons. The van der Waals surface area contributed by atoms with Gasteiger partial charge in [-0.2, -0.15) is 9.78 Å². The summed E-state index contributed by atoms with van der Waals surface area (Å²) >= 11 is 0. The first-order valence-corrected chi connectivity index (χ1v) is 10.8. The van der Waals surface area contributed by atoms with E-state index < -0.39 is 23.0 Å². The van der Waals surface area contributed by atoms with Crippen LogP contribution in [0, 0.1) is 29.1 Å². The van der Waals surface area contributed by atoms with E-state index in [-0.39, 0.29) is 17.8 Å². The third-order valence-electron chi connectivity index (χ3n) is 8.08. The van der Waals surface area contributed by atoms with E-state index in [1.165, 1.54) is 0 Å². The minimum atomic E-state index is -0.774. The lowest BCUT2D eigenvalue weighted by Gasteiger charge is -2.60. The van der Waals surface area contributed by atoms with E-state index >= 15 is 0 Å². The second-order valence-corrected chi connectivity index (χ2v) is 9.78. The highest BCUT2D eigenvalue weighted by Gasteiger charge is 2.71. The largest absolute Gasteiger partial charge is 0.481 e. The average molecular weight is 394 g/mol. The molecule has 28 heavy (non-hydrogen) atoms. The molecule has 5 atom stereocenters. The van der Waals surface area contributed by atoms with Gasteiger partial charge in [0.05, 0.1) is 12.0 Å². The maximum Gasteiger partial charge on any atom is 0.309 e. The summed E-state index contributed by atoms with van der Waals surface area (Å²) in [6, 6.07) is 0. The third kappa shape index (κ3) is 2.73. The summed E-state index contributed by atoms with van der Waals surface area (Å²) in [7, 11) is 0. The molecule has 6 aliphatic rings. The molecule has 2 spiro atoms. The molecule has 1 saturated heterocycles. The van der Waals surface area contributed by atoms with E-state index in [0.717, 1.165) is 32.1 Å². The van der Waals surface area contributed by atoms with Gasteiger partial charge in [-0.1, -0.05) is 0 Å². The van der Waals surface area contributed by atoms with Crippen LogP contribution in [0.5, 0.6) is 0 Å². The van der Waals surface area contributed by atoms with Crippen LogP contribution in [0.25, 0.3) is 0 Å². The van der Waals surface area contributed by atoms with E-state index in [4.69, 9.17) is 19.2 Å². The highest BCUT2D eigenvalue weighted by molar-refractivity contribution is 5.75. The molecule has 5 aliphatic carbocycles. The number of hydrogen-bond acceptors (Lipinski definition) is 6. The molecule has 0 aromatic heterocycles. The first kappa shape index (κ1) is 18.8. The maximum atomic E-state index is 12.0.